The highest BCUT2D eigenvalue weighted by Crippen LogP contribution is 2.27. The Bertz CT molecular complexity index is 638. The van der Waals surface area contributed by atoms with Crippen LogP contribution in [0.25, 0.3) is 0 Å². The van der Waals surface area contributed by atoms with E-state index in [1.165, 1.54) is 44.8 Å². The fourth-order valence-electron chi connectivity index (χ4n) is 5.05. The summed E-state index contributed by atoms with van der Waals surface area (Å²) in [6, 6.07) is 2.01. The number of furan rings is 1. The average Bonchev–Trinajstić information content (AvgIpc) is 3.43. The summed E-state index contributed by atoms with van der Waals surface area (Å²) in [5.41, 5.74) is 0.590. The van der Waals surface area contributed by atoms with E-state index in [0.29, 0.717) is 24.7 Å². The van der Waals surface area contributed by atoms with E-state index in [1.807, 2.05) is 4.90 Å². The van der Waals surface area contributed by atoms with Crippen LogP contribution in [0.1, 0.15) is 61.7 Å². The average molecular weight is 388 g/mol. The third-order valence-corrected chi connectivity index (χ3v) is 6.85. The molecule has 2 saturated heterocycles. The molecule has 1 N–H and O–H groups in total. The van der Waals surface area contributed by atoms with Crippen molar-refractivity contribution < 1.29 is 14.0 Å². The van der Waals surface area contributed by atoms with Gasteiger partial charge in [0.05, 0.1) is 11.8 Å². The molecule has 6 heteroatoms. The molecule has 0 atom stereocenters. The highest BCUT2D eigenvalue weighted by Gasteiger charge is 2.30. The summed E-state index contributed by atoms with van der Waals surface area (Å²) in [5.74, 6) is 1.12. The minimum absolute atomic E-state index is 0.00208. The van der Waals surface area contributed by atoms with Crippen molar-refractivity contribution in [2.24, 2.45) is 11.8 Å². The smallest absolute Gasteiger partial charge is 0.257 e. The Morgan fingerprint density at radius 2 is 1.71 bits per heavy atom. The lowest BCUT2D eigenvalue weighted by molar-refractivity contribution is -0.127. The first-order valence-electron chi connectivity index (χ1n) is 11.0. The van der Waals surface area contributed by atoms with Crippen molar-refractivity contribution in [2.75, 3.05) is 32.7 Å². The van der Waals surface area contributed by atoms with Gasteiger partial charge in [-0.2, -0.15) is 0 Å². The van der Waals surface area contributed by atoms with Crippen LogP contribution >= 0.6 is 0 Å². The Morgan fingerprint density at radius 1 is 1.00 bits per heavy atom. The van der Waals surface area contributed by atoms with E-state index >= 15 is 0 Å². The second kappa shape index (κ2) is 9.12. The molecule has 2 amide bonds. The predicted octanol–water partition coefficient (Wildman–Crippen LogP) is 2.90. The van der Waals surface area contributed by atoms with Crippen molar-refractivity contribution in [3.63, 3.8) is 0 Å². The number of piperidine rings is 2. The molecule has 0 radical (unpaired) electrons. The largest absolute Gasteiger partial charge is 0.472 e. The van der Waals surface area contributed by atoms with Crippen molar-refractivity contribution in [1.82, 2.24) is 15.1 Å². The first kappa shape index (κ1) is 19.5. The Morgan fingerprint density at radius 3 is 2.36 bits per heavy atom. The molecule has 3 fully saturated rings. The maximum atomic E-state index is 12.7. The van der Waals surface area contributed by atoms with E-state index < -0.39 is 0 Å². The summed E-state index contributed by atoms with van der Waals surface area (Å²) in [4.78, 5) is 29.5. The SMILES string of the molecule is O=C(NC1CCN(CC2CCCC2)CC1)C1CCN(C(=O)c2ccoc2)CC1. The predicted molar refractivity (Wildman–Crippen MR) is 107 cm³/mol. The molecule has 0 unspecified atom stereocenters. The van der Waals surface area contributed by atoms with Crippen molar-refractivity contribution in [3.8, 4) is 0 Å². The molecule has 0 bridgehead atoms. The summed E-state index contributed by atoms with van der Waals surface area (Å²) < 4.78 is 5.00. The fraction of sp³-hybridized carbons (Fsp3) is 0.727. The number of likely N-dealkylation sites (tertiary alicyclic amines) is 2. The van der Waals surface area contributed by atoms with E-state index in [2.05, 4.69) is 10.2 Å². The topological polar surface area (TPSA) is 65.8 Å². The van der Waals surface area contributed by atoms with Crippen molar-refractivity contribution >= 4 is 11.8 Å². The second-order valence-electron chi connectivity index (χ2n) is 8.81. The zero-order valence-corrected chi connectivity index (χ0v) is 16.8. The van der Waals surface area contributed by atoms with Gasteiger partial charge in [0.2, 0.25) is 5.91 Å². The van der Waals surface area contributed by atoms with Gasteiger partial charge in [-0.15, -0.1) is 0 Å². The molecule has 1 aromatic rings. The molecule has 2 aliphatic heterocycles. The van der Waals surface area contributed by atoms with Crippen LogP contribution in [0.3, 0.4) is 0 Å². The number of carbonyl (C=O) groups is 2. The Labute approximate surface area is 167 Å². The van der Waals surface area contributed by atoms with Crippen LogP contribution in [0.4, 0.5) is 0 Å². The molecule has 0 spiro atoms. The minimum atomic E-state index is 0.00208. The van der Waals surface area contributed by atoms with E-state index in [1.54, 1.807) is 6.07 Å². The van der Waals surface area contributed by atoms with Gasteiger partial charge < -0.3 is 19.5 Å². The highest BCUT2D eigenvalue weighted by molar-refractivity contribution is 5.94. The normalized spacial score (nSPS) is 23.2. The van der Waals surface area contributed by atoms with Crippen molar-refractivity contribution in [1.29, 1.82) is 0 Å². The molecule has 0 aromatic carbocycles. The van der Waals surface area contributed by atoms with Gasteiger partial charge in [0, 0.05) is 44.7 Å². The fourth-order valence-corrected chi connectivity index (χ4v) is 5.05. The van der Waals surface area contributed by atoms with Crippen LogP contribution in [0.15, 0.2) is 23.0 Å². The van der Waals surface area contributed by atoms with Gasteiger partial charge in [0.25, 0.3) is 5.91 Å². The van der Waals surface area contributed by atoms with Crippen LogP contribution in [-0.4, -0.2) is 60.4 Å². The number of carbonyl (C=O) groups excluding carboxylic acids is 2. The third-order valence-electron chi connectivity index (χ3n) is 6.85. The molecule has 28 heavy (non-hydrogen) atoms. The molecular formula is C22H33N3O3. The van der Waals surface area contributed by atoms with Gasteiger partial charge in [-0.1, -0.05) is 12.8 Å². The Balaban J connectivity index is 1.16. The van der Waals surface area contributed by atoms with Gasteiger partial charge in [-0.05, 0) is 50.5 Å². The maximum Gasteiger partial charge on any atom is 0.257 e. The van der Waals surface area contributed by atoms with E-state index in [-0.39, 0.29) is 17.7 Å². The van der Waals surface area contributed by atoms with Gasteiger partial charge in [-0.3, -0.25) is 9.59 Å². The highest BCUT2D eigenvalue weighted by atomic mass is 16.3. The lowest BCUT2D eigenvalue weighted by Crippen LogP contribution is -2.49. The summed E-state index contributed by atoms with van der Waals surface area (Å²) in [6.45, 7) is 4.76. The molecular weight excluding hydrogens is 354 g/mol. The minimum Gasteiger partial charge on any atom is -0.472 e. The van der Waals surface area contributed by atoms with Crippen LogP contribution < -0.4 is 5.32 Å². The Kier molecular flexibility index (Phi) is 6.35. The second-order valence-corrected chi connectivity index (χ2v) is 8.81. The lowest BCUT2D eigenvalue weighted by atomic mass is 9.94. The first-order valence-corrected chi connectivity index (χ1v) is 11.0. The maximum absolute atomic E-state index is 12.7. The van der Waals surface area contributed by atoms with Gasteiger partial charge in [0.15, 0.2) is 0 Å². The third kappa shape index (κ3) is 4.77. The molecule has 1 aliphatic carbocycles. The van der Waals surface area contributed by atoms with E-state index in [0.717, 1.165) is 44.7 Å². The number of nitrogens with zero attached hydrogens (tertiary/aromatic N) is 2. The Hall–Kier alpha value is -1.82. The van der Waals surface area contributed by atoms with Crippen molar-refractivity contribution in [2.45, 2.75) is 57.4 Å². The van der Waals surface area contributed by atoms with E-state index in [4.69, 9.17) is 4.42 Å². The van der Waals surface area contributed by atoms with Gasteiger partial charge in [-0.25, -0.2) is 0 Å². The van der Waals surface area contributed by atoms with Crippen LogP contribution in [0, 0.1) is 11.8 Å². The number of hydrogen-bond acceptors (Lipinski definition) is 4. The molecule has 3 aliphatic rings. The quantitative estimate of drug-likeness (QED) is 0.844. The first-order chi connectivity index (χ1) is 13.7. The molecule has 154 valence electrons. The molecule has 1 saturated carbocycles. The van der Waals surface area contributed by atoms with Gasteiger partial charge in [0.1, 0.15) is 6.26 Å². The molecule has 1 aromatic heterocycles. The van der Waals surface area contributed by atoms with Gasteiger partial charge >= 0.3 is 0 Å². The number of hydrogen-bond donors (Lipinski definition) is 1. The summed E-state index contributed by atoms with van der Waals surface area (Å²) in [7, 11) is 0. The van der Waals surface area contributed by atoms with E-state index in [9.17, 15) is 9.59 Å². The molecule has 6 nitrogen and oxygen atoms in total. The monoisotopic (exact) mass is 387 g/mol. The van der Waals surface area contributed by atoms with Crippen LogP contribution in [0.5, 0.6) is 0 Å². The summed E-state index contributed by atoms with van der Waals surface area (Å²) in [6.07, 6.45) is 12.2. The van der Waals surface area contributed by atoms with Crippen LogP contribution in [0.2, 0.25) is 0 Å². The number of nitrogens with one attached hydrogen (secondary N) is 1. The standard InChI is InChI=1S/C22H33N3O3/c26-21(18-5-12-25(13-6-18)22(27)19-9-14-28-16-19)23-20-7-10-24(11-8-20)15-17-3-1-2-4-17/h9,14,16-18,20H,1-8,10-13,15H2,(H,23,26). The van der Waals surface area contributed by atoms with Crippen LogP contribution in [-0.2, 0) is 4.79 Å². The molecule has 4 rings (SSSR count). The summed E-state index contributed by atoms with van der Waals surface area (Å²) >= 11 is 0. The molecule has 3 heterocycles. The lowest BCUT2D eigenvalue weighted by Gasteiger charge is -2.35. The number of rotatable bonds is 5. The summed E-state index contributed by atoms with van der Waals surface area (Å²) in [5, 5.41) is 3.29. The number of amides is 2. The van der Waals surface area contributed by atoms with Crippen molar-refractivity contribution in [3.05, 3.63) is 24.2 Å². The zero-order valence-electron chi connectivity index (χ0n) is 16.8. The zero-order chi connectivity index (χ0) is 19.3.